The predicted molar refractivity (Wildman–Crippen MR) is 93.4 cm³/mol. The smallest absolute Gasteiger partial charge is 0.410 e. The summed E-state index contributed by atoms with van der Waals surface area (Å²) in [6.45, 7) is 2.06. The first-order chi connectivity index (χ1) is 12.1. The molecule has 6 nitrogen and oxygen atoms in total. The third-order valence-corrected chi connectivity index (χ3v) is 4.23. The van der Waals surface area contributed by atoms with Gasteiger partial charge in [-0.15, -0.1) is 0 Å². The van der Waals surface area contributed by atoms with Crippen molar-refractivity contribution in [3.63, 3.8) is 0 Å². The number of ether oxygens (including phenoxy) is 1. The second-order valence-corrected chi connectivity index (χ2v) is 6.08. The minimum atomic E-state index is -0.357. The van der Waals surface area contributed by atoms with Crippen LogP contribution in [0.3, 0.4) is 0 Å². The number of carbonyl (C=O) groups is 2. The van der Waals surface area contributed by atoms with Gasteiger partial charge < -0.3 is 14.5 Å². The molecule has 2 aromatic rings. The molecule has 7 heteroatoms. The van der Waals surface area contributed by atoms with Gasteiger partial charge in [0.2, 0.25) is 0 Å². The number of pyridine rings is 1. The van der Waals surface area contributed by atoms with E-state index in [2.05, 4.69) is 4.98 Å². The van der Waals surface area contributed by atoms with Crippen LogP contribution < -0.4 is 0 Å². The largest absolute Gasteiger partial charge is 0.445 e. The summed E-state index contributed by atoms with van der Waals surface area (Å²) >= 11 is 5.74. The molecule has 0 atom stereocenters. The van der Waals surface area contributed by atoms with Gasteiger partial charge in [-0.2, -0.15) is 0 Å². The maximum atomic E-state index is 12.4. The molecule has 0 radical (unpaired) electrons. The third kappa shape index (κ3) is 4.48. The molecule has 1 saturated heterocycles. The lowest BCUT2D eigenvalue weighted by Crippen LogP contribution is -2.50. The van der Waals surface area contributed by atoms with Crippen molar-refractivity contribution in [3.05, 3.63) is 64.9 Å². The van der Waals surface area contributed by atoms with E-state index in [0.717, 1.165) is 5.56 Å². The van der Waals surface area contributed by atoms with Crippen LogP contribution in [0.25, 0.3) is 0 Å². The van der Waals surface area contributed by atoms with E-state index >= 15 is 0 Å². The molecule has 1 aliphatic heterocycles. The Kier molecular flexibility index (Phi) is 5.50. The minimum absolute atomic E-state index is 0.110. The van der Waals surface area contributed by atoms with Crippen LogP contribution in [-0.2, 0) is 11.3 Å². The van der Waals surface area contributed by atoms with Gasteiger partial charge in [-0.3, -0.25) is 4.79 Å². The zero-order valence-corrected chi connectivity index (χ0v) is 14.4. The molecule has 25 heavy (non-hydrogen) atoms. The van der Waals surface area contributed by atoms with Gasteiger partial charge in [0.1, 0.15) is 11.8 Å². The van der Waals surface area contributed by atoms with Crippen molar-refractivity contribution >= 4 is 23.6 Å². The summed E-state index contributed by atoms with van der Waals surface area (Å²) in [6.07, 6.45) is 1.11. The molecule has 1 fully saturated rings. The Labute approximate surface area is 151 Å². The zero-order valence-electron chi connectivity index (χ0n) is 13.6. The number of rotatable bonds is 3. The number of nitrogens with zero attached hydrogens (tertiary/aromatic N) is 3. The van der Waals surface area contributed by atoms with Gasteiger partial charge in [0, 0.05) is 32.4 Å². The quantitative estimate of drug-likeness (QED) is 0.790. The molecule has 0 unspecified atom stereocenters. The maximum Gasteiger partial charge on any atom is 0.410 e. The first-order valence-electron chi connectivity index (χ1n) is 8.00. The van der Waals surface area contributed by atoms with Crippen molar-refractivity contribution in [1.82, 2.24) is 14.8 Å². The predicted octanol–water partition coefficient (Wildman–Crippen LogP) is 2.83. The van der Waals surface area contributed by atoms with E-state index in [1.807, 2.05) is 30.3 Å². The Hall–Kier alpha value is -2.60. The molecule has 0 spiro atoms. The Balaban J connectivity index is 1.48. The van der Waals surface area contributed by atoms with E-state index in [-0.39, 0.29) is 18.6 Å². The number of halogens is 1. The van der Waals surface area contributed by atoms with Gasteiger partial charge in [-0.05, 0) is 17.7 Å². The fourth-order valence-corrected chi connectivity index (χ4v) is 2.70. The number of hydrogen-bond acceptors (Lipinski definition) is 4. The summed E-state index contributed by atoms with van der Waals surface area (Å²) < 4.78 is 5.32. The topological polar surface area (TPSA) is 62.7 Å². The summed E-state index contributed by atoms with van der Waals surface area (Å²) in [7, 11) is 0. The highest BCUT2D eigenvalue weighted by atomic mass is 35.5. The van der Waals surface area contributed by atoms with Gasteiger partial charge >= 0.3 is 6.09 Å². The molecule has 2 heterocycles. The van der Waals surface area contributed by atoms with Crippen LogP contribution >= 0.6 is 11.6 Å². The van der Waals surface area contributed by atoms with Gasteiger partial charge in [0.05, 0.1) is 5.56 Å². The van der Waals surface area contributed by atoms with E-state index in [9.17, 15) is 9.59 Å². The van der Waals surface area contributed by atoms with E-state index in [4.69, 9.17) is 16.3 Å². The zero-order chi connectivity index (χ0) is 17.6. The van der Waals surface area contributed by atoms with E-state index in [0.29, 0.717) is 36.9 Å². The number of benzene rings is 1. The van der Waals surface area contributed by atoms with E-state index in [1.54, 1.807) is 21.9 Å². The van der Waals surface area contributed by atoms with Crippen molar-refractivity contribution in [1.29, 1.82) is 0 Å². The number of amides is 2. The maximum absolute atomic E-state index is 12.4. The van der Waals surface area contributed by atoms with Crippen LogP contribution in [0.15, 0.2) is 48.7 Å². The standard InChI is InChI=1S/C18H18ClN3O3/c19-16-7-6-15(12-20-16)17(23)21-8-10-22(11-9-21)18(24)25-13-14-4-2-1-3-5-14/h1-7,12H,8-11,13H2. The van der Waals surface area contributed by atoms with E-state index < -0.39 is 0 Å². The molecule has 1 aromatic carbocycles. The molecule has 1 aromatic heterocycles. The summed E-state index contributed by atoms with van der Waals surface area (Å²) in [5.74, 6) is -0.110. The highest BCUT2D eigenvalue weighted by Gasteiger charge is 2.25. The molecule has 0 N–H and O–H groups in total. The SMILES string of the molecule is O=C(OCc1ccccc1)N1CCN(C(=O)c2ccc(Cl)nc2)CC1. The van der Waals surface area contributed by atoms with Crippen LogP contribution in [0.4, 0.5) is 4.79 Å². The van der Waals surface area contributed by atoms with Crippen molar-refractivity contribution < 1.29 is 14.3 Å². The van der Waals surface area contributed by atoms with Crippen LogP contribution in [0.2, 0.25) is 5.15 Å². The van der Waals surface area contributed by atoms with Gasteiger partial charge in [0.15, 0.2) is 0 Å². The first kappa shape index (κ1) is 17.2. The highest BCUT2D eigenvalue weighted by molar-refractivity contribution is 6.29. The summed E-state index contributed by atoms with van der Waals surface area (Å²) in [6, 6.07) is 12.8. The second kappa shape index (κ2) is 7.98. The van der Waals surface area contributed by atoms with Gasteiger partial charge in [-0.1, -0.05) is 41.9 Å². The highest BCUT2D eigenvalue weighted by Crippen LogP contribution is 2.12. The molecule has 0 saturated carbocycles. The van der Waals surface area contributed by atoms with Crippen molar-refractivity contribution in [2.24, 2.45) is 0 Å². The second-order valence-electron chi connectivity index (χ2n) is 5.69. The van der Waals surface area contributed by atoms with Gasteiger partial charge in [0.25, 0.3) is 5.91 Å². The summed E-state index contributed by atoms with van der Waals surface area (Å²) in [5, 5.41) is 0.350. The number of carbonyl (C=O) groups excluding carboxylic acids is 2. The third-order valence-electron chi connectivity index (χ3n) is 4.00. The summed E-state index contributed by atoms with van der Waals surface area (Å²) in [5.41, 5.74) is 1.43. The monoisotopic (exact) mass is 359 g/mol. The number of piperazine rings is 1. The van der Waals surface area contributed by atoms with E-state index in [1.165, 1.54) is 6.20 Å². The average molecular weight is 360 g/mol. The first-order valence-corrected chi connectivity index (χ1v) is 8.38. The van der Waals surface area contributed by atoms with Gasteiger partial charge in [-0.25, -0.2) is 9.78 Å². The Bertz CT molecular complexity index is 729. The van der Waals surface area contributed by atoms with Crippen molar-refractivity contribution in [2.45, 2.75) is 6.61 Å². The van der Waals surface area contributed by atoms with Crippen LogP contribution in [0.1, 0.15) is 15.9 Å². The lowest BCUT2D eigenvalue weighted by atomic mass is 10.2. The average Bonchev–Trinajstić information content (AvgIpc) is 2.67. The molecule has 0 bridgehead atoms. The Morgan fingerprint density at radius 2 is 1.68 bits per heavy atom. The van der Waals surface area contributed by atoms with Crippen LogP contribution in [0.5, 0.6) is 0 Å². The van der Waals surface area contributed by atoms with Crippen LogP contribution in [-0.4, -0.2) is 53.0 Å². The molecule has 1 aliphatic rings. The Morgan fingerprint density at radius 3 is 2.32 bits per heavy atom. The lowest BCUT2D eigenvalue weighted by molar-refractivity contribution is 0.0543. The molecule has 2 amide bonds. The number of aromatic nitrogens is 1. The molecule has 0 aliphatic carbocycles. The molecule has 3 rings (SSSR count). The fraction of sp³-hybridized carbons (Fsp3) is 0.278. The number of hydrogen-bond donors (Lipinski definition) is 0. The fourth-order valence-electron chi connectivity index (χ4n) is 2.59. The van der Waals surface area contributed by atoms with Crippen LogP contribution in [0, 0.1) is 0 Å². The lowest BCUT2D eigenvalue weighted by Gasteiger charge is -2.34. The normalized spacial score (nSPS) is 14.3. The van der Waals surface area contributed by atoms with Crippen molar-refractivity contribution in [2.75, 3.05) is 26.2 Å². The molecular formula is C18H18ClN3O3. The molecular weight excluding hydrogens is 342 g/mol. The summed E-state index contributed by atoms with van der Waals surface area (Å²) in [4.78, 5) is 31.8. The minimum Gasteiger partial charge on any atom is -0.445 e. The molecule has 130 valence electrons. The Morgan fingerprint density at radius 1 is 1.00 bits per heavy atom. The van der Waals surface area contributed by atoms with Crippen molar-refractivity contribution in [3.8, 4) is 0 Å².